The van der Waals surface area contributed by atoms with Crippen LogP contribution >= 0.6 is 0 Å². The molecule has 6 heteroatoms. The molecule has 2 rings (SSSR count). The van der Waals surface area contributed by atoms with E-state index in [0.717, 1.165) is 23.2 Å². The molecule has 0 radical (unpaired) electrons. The SMILES string of the molecule is Cc1ccc(C)c(Nc2ccc(NS(C)(=O)=O)nc2)c1. The van der Waals surface area contributed by atoms with Gasteiger partial charge < -0.3 is 5.32 Å². The molecule has 0 saturated carbocycles. The molecule has 0 atom stereocenters. The third-order valence-electron chi connectivity index (χ3n) is 2.73. The van der Waals surface area contributed by atoms with Gasteiger partial charge in [0.1, 0.15) is 5.82 Å². The van der Waals surface area contributed by atoms with Gasteiger partial charge in [-0.05, 0) is 43.2 Å². The lowest BCUT2D eigenvalue weighted by atomic mass is 10.1. The highest BCUT2D eigenvalue weighted by Crippen LogP contribution is 2.22. The summed E-state index contributed by atoms with van der Waals surface area (Å²) in [4.78, 5) is 4.06. The Balaban J connectivity index is 2.17. The van der Waals surface area contributed by atoms with Crippen molar-refractivity contribution in [3.63, 3.8) is 0 Å². The van der Waals surface area contributed by atoms with E-state index in [9.17, 15) is 8.42 Å². The van der Waals surface area contributed by atoms with Gasteiger partial charge in [0.15, 0.2) is 0 Å². The van der Waals surface area contributed by atoms with E-state index >= 15 is 0 Å². The summed E-state index contributed by atoms with van der Waals surface area (Å²) in [6, 6.07) is 9.55. The fraction of sp³-hybridized carbons (Fsp3) is 0.214. The van der Waals surface area contributed by atoms with Crippen LogP contribution in [-0.4, -0.2) is 19.7 Å². The van der Waals surface area contributed by atoms with Crippen LogP contribution in [0.4, 0.5) is 17.2 Å². The number of nitrogens with zero attached hydrogens (tertiary/aromatic N) is 1. The summed E-state index contributed by atoms with van der Waals surface area (Å²) in [6.07, 6.45) is 2.69. The Bertz CT molecular complexity index is 710. The van der Waals surface area contributed by atoms with Crippen LogP contribution < -0.4 is 10.0 Å². The molecule has 1 aromatic carbocycles. The number of aromatic nitrogens is 1. The Kier molecular flexibility index (Phi) is 3.94. The number of hydrogen-bond donors (Lipinski definition) is 2. The Hall–Kier alpha value is -2.08. The fourth-order valence-corrected chi connectivity index (χ4v) is 2.24. The lowest BCUT2D eigenvalue weighted by Gasteiger charge is -2.11. The first-order valence-electron chi connectivity index (χ1n) is 6.11. The summed E-state index contributed by atoms with van der Waals surface area (Å²) in [6.45, 7) is 4.05. The first-order valence-corrected chi connectivity index (χ1v) is 8.01. The Morgan fingerprint density at radius 3 is 2.45 bits per heavy atom. The third-order valence-corrected chi connectivity index (χ3v) is 3.31. The van der Waals surface area contributed by atoms with E-state index < -0.39 is 10.0 Å². The number of benzene rings is 1. The second kappa shape index (κ2) is 5.50. The van der Waals surface area contributed by atoms with E-state index in [0.29, 0.717) is 5.82 Å². The molecule has 1 heterocycles. The summed E-state index contributed by atoms with van der Waals surface area (Å²) < 4.78 is 24.5. The lowest BCUT2D eigenvalue weighted by Crippen LogP contribution is -2.10. The average Bonchev–Trinajstić information content (AvgIpc) is 2.34. The molecule has 0 saturated heterocycles. The molecule has 0 unspecified atom stereocenters. The molecule has 2 aromatic rings. The zero-order valence-corrected chi connectivity index (χ0v) is 12.5. The van der Waals surface area contributed by atoms with Gasteiger partial charge in [0.25, 0.3) is 0 Å². The molecule has 106 valence electrons. The summed E-state index contributed by atoms with van der Waals surface area (Å²) in [5.41, 5.74) is 4.11. The number of hydrogen-bond acceptors (Lipinski definition) is 4. The molecule has 0 spiro atoms. The van der Waals surface area contributed by atoms with Gasteiger partial charge in [-0.1, -0.05) is 12.1 Å². The van der Waals surface area contributed by atoms with Crippen LogP contribution in [0.2, 0.25) is 0 Å². The van der Waals surface area contributed by atoms with Crippen molar-refractivity contribution in [1.29, 1.82) is 0 Å². The summed E-state index contributed by atoms with van der Waals surface area (Å²) in [5, 5.41) is 3.26. The largest absolute Gasteiger partial charge is 0.354 e. The van der Waals surface area contributed by atoms with E-state index in [1.165, 1.54) is 5.56 Å². The highest BCUT2D eigenvalue weighted by molar-refractivity contribution is 7.92. The minimum Gasteiger partial charge on any atom is -0.354 e. The molecule has 5 nitrogen and oxygen atoms in total. The van der Waals surface area contributed by atoms with Gasteiger partial charge in [0, 0.05) is 5.69 Å². The van der Waals surface area contributed by atoms with Crippen molar-refractivity contribution < 1.29 is 8.42 Å². The van der Waals surface area contributed by atoms with Gasteiger partial charge in [-0.15, -0.1) is 0 Å². The number of anilines is 3. The summed E-state index contributed by atoms with van der Waals surface area (Å²) in [5.74, 6) is 0.305. The molecule has 0 bridgehead atoms. The average molecular weight is 291 g/mol. The van der Waals surface area contributed by atoms with Crippen molar-refractivity contribution in [3.8, 4) is 0 Å². The monoisotopic (exact) mass is 291 g/mol. The van der Waals surface area contributed by atoms with Gasteiger partial charge in [-0.3, -0.25) is 4.72 Å². The quantitative estimate of drug-likeness (QED) is 0.908. The number of aryl methyl sites for hydroxylation is 2. The van der Waals surface area contributed by atoms with Crippen molar-refractivity contribution in [2.45, 2.75) is 13.8 Å². The van der Waals surface area contributed by atoms with Crippen LogP contribution in [0.5, 0.6) is 0 Å². The molecule has 0 fully saturated rings. The van der Waals surface area contributed by atoms with Crippen molar-refractivity contribution in [3.05, 3.63) is 47.7 Å². The standard InChI is InChI=1S/C14H17N3O2S/c1-10-4-5-11(2)13(8-10)16-12-6-7-14(15-9-12)17-20(3,18)19/h4-9,16H,1-3H3,(H,15,17). The fourth-order valence-electron chi connectivity index (χ4n) is 1.74. The molecular weight excluding hydrogens is 274 g/mol. The lowest BCUT2D eigenvalue weighted by molar-refractivity contribution is 0.606. The van der Waals surface area contributed by atoms with Gasteiger partial charge >= 0.3 is 0 Å². The van der Waals surface area contributed by atoms with Crippen LogP contribution in [0.25, 0.3) is 0 Å². The zero-order valence-electron chi connectivity index (χ0n) is 11.6. The first-order chi connectivity index (χ1) is 9.33. The van der Waals surface area contributed by atoms with Gasteiger partial charge in [0.05, 0.1) is 18.1 Å². The van der Waals surface area contributed by atoms with Gasteiger partial charge in [-0.2, -0.15) is 0 Å². The molecule has 0 aliphatic heterocycles. The van der Waals surface area contributed by atoms with Crippen LogP contribution in [0.3, 0.4) is 0 Å². The maximum atomic E-state index is 11.1. The highest BCUT2D eigenvalue weighted by atomic mass is 32.2. The second-order valence-electron chi connectivity index (χ2n) is 4.75. The smallest absolute Gasteiger partial charge is 0.230 e. The van der Waals surface area contributed by atoms with E-state index in [1.54, 1.807) is 18.3 Å². The number of rotatable bonds is 4. The zero-order chi connectivity index (χ0) is 14.8. The summed E-state index contributed by atoms with van der Waals surface area (Å²) in [7, 11) is -3.29. The molecule has 2 N–H and O–H groups in total. The predicted molar refractivity (Wildman–Crippen MR) is 81.9 cm³/mol. The van der Waals surface area contributed by atoms with E-state index in [4.69, 9.17) is 0 Å². The Labute approximate surface area is 119 Å². The highest BCUT2D eigenvalue weighted by Gasteiger charge is 2.04. The molecular formula is C14H17N3O2S. The summed E-state index contributed by atoms with van der Waals surface area (Å²) >= 11 is 0. The van der Waals surface area contributed by atoms with E-state index in [-0.39, 0.29) is 0 Å². The van der Waals surface area contributed by atoms with Crippen molar-refractivity contribution >= 4 is 27.2 Å². The van der Waals surface area contributed by atoms with Crippen LogP contribution in [0.1, 0.15) is 11.1 Å². The Morgan fingerprint density at radius 2 is 1.85 bits per heavy atom. The molecule has 20 heavy (non-hydrogen) atoms. The van der Waals surface area contributed by atoms with E-state index in [2.05, 4.69) is 27.2 Å². The molecule has 0 aliphatic rings. The van der Waals surface area contributed by atoms with Crippen molar-refractivity contribution in [2.24, 2.45) is 0 Å². The van der Waals surface area contributed by atoms with Crippen LogP contribution in [0.15, 0.2) is 36.5 Å². The first kappa shape index (κ1) is 14.3. The van der Waals surface area contributed by atoms with Crippen LogP contribution in [-0.2, 0) is 10.0 Å². The minimum absolute atomic E-state index is 0.305. The van der Waals surface area contributed by atoms with Gasteiger partial charge in [-0.25, -0.2) is 13.4 Å². The normalized spacial score (nSPS) is 11.2. The van der Waals surface area contributed by atoms with E-state index in [1.807, 2.05) is 19.9 Å². The number of sulfonamides is 1. The van der Waals surface area contributed by atoms with Crippen molar-refractivity contribution in [1.82, 2.24) is 4.98 Å². The number of pyridine rings is 1. The predicted octanol–water partition coefficient (Wildman–Crippen LogP) is 2.81. The third kappa shape index (κ3) is 3.96. The number of nitrogens with one attached hydrogen (secondary N) is 2. The topological polar surface area (TPSA) is 71.1 Å². The molecule has 0 aliphatic carbocycles. The second-order valence-corrected chi connectivity index (χ2v) is 6.50. The maximum absolute atomic E-state index is 11.1. The molecule has 0 amide bonds. The van der Waals surface area contributed by atoms with Gasteiger partial charge in [0.2, 0.25) is 10.0 Å². The minimum atomic E-state index is -3.29. The maximum Gasteiger partial charge on any atom is 0.230 e. The molecule has 1 aromatic heterocycles. The Morgan fingerprint density at radius 1 is 1.10 bits per heavy atom. The van der Waals surface area contributed by atoms with Crippen LogP contribution in [0, 0.1) is 13.8 Å². The van der Waals surface area contributed by atoms with Crippen molar-refractivity contribution in [2.75, 3.05) is 16.3 Å².